The van der Waals surface area contributed by atoms with Crippen molar-refractivity contribution in [3.05, 3.63) is 35.4 Å². The summed E-state index contributed by atoms with van der Waals surface area (Å²) >= 11 is 0. The zero-order valence-electron chi connectivity index (χ0n) is 15.3. The Kier molecular flexibility index (Phi) is 5.85. The number of aryl methyl sites for hydroxylation is 1. The van der Waals surface area contributed by atoms with E-state index < -0.39 is 0 Å². The number of nitrogens with zero attached hydrogens (tertiary/aromatic N) is 1. The van der Waals surface area contributed by atoms with E-state index in [2.05, 4.69) is 57.0 Å². The van der Waals surface area contributed by atoms with E-state index in [0.717, 1.165) is 25.8 Å². The van der Waals surface area contributed by atoms with Crippen LogP contribution in [0.3, 0.4) is 0 Å². The van der Waals surface area contributed by atoms with Crippen molar-refractivity contribution in [1.82, 2.24) is 4.90 Å². The van der Waals surface area contributed by atoms with Crippen molar-refractivity contribution in [2.45, 2.75) is 65.0 Å². The summed E-state index contributed by atoms with van der Waals surface area (Å²) in [5.41, 5.74) is 2.22. The van der Waals surface area contributed by atoms with Crippen molar-refractivity contribution >= 4 is 5.97 Å². The Labute approximate surface area is 141 Å². The standard InChI is InChI=1S/C20H31NO2/c1-6-17-8-10-18(11-9-17)13-20(23-19(22)7-2)12-16(4)21(5)14-15(20)3/h8-11,15-16H,6-7,12-14H2,1-5H3/t15-,16-,20+/m0/s1. The lowest BCUT2D eigenvalue weighted by Crippen LogP contribution is -2.56. The number of likely N-dealkylation sites (tertiary alicyclic amines) is 1. The van der Waals surface area contributed by atoms with Crippen molar-refractivity contribution in [3.63, 3.8) is 0 Å². The number of benzene rings is 1. The molecule has 0 N–H and O–H groups in total. The van der Waals surface area contributed by atoms with Crippen molar-refractivity contribution in [3.8, 4) is 0 Å². The SMILES string of the molecule is CCC(=O)O[C@@]1(Cc2ccc(CC)cc2)C[C@H](C)N(C)C[C@@H]1C. The van der Waals surface area contributed by atoms with Crippen LogP contribution in [0.4, 0.5) is 0 Å². The number of ether oxygens (including phenoxy) is 1. The fourth-order valence-corrected chi connectivity index (χ4v) is 3.60. The molecule has 0 saturated carbocycles. The fourth-order valence-electron chi connectivity index (χ4n) is 3.60. The summed E-state index contributed by atoms with van der Waals surface area (Å²) in [5, 5.41) is 0. The van der Waals surface area contributed by atoms with Crippen molar-refractivity contribution in [1.29, 1.82) is 0 Å². The van der Waals surface area contributed by atoms with Crippen molar-refractivity contribution < 1.29 is 9.53 Å². The highest BCUT2D eigenvalue weighted by Crippen LogP contribution is 2.37. The average molecular weight is 317 g/mol. The summed E-state index contributed by atoms with van der Waals surface area (Å²) in [4.78, 5) is 14.4. The molecule has 23 heavy (non-hydrogen) atoms. The van der Waals surface area contributed by atoms with E-state index in [-0.39, 0.29) is 11.6 Å². The smallest absolute Gasteiger partial charge is 0.306 e. The Morgan fingerprint density at radius 3 is 2.39 bits per heavy atom. The highest BCUT2D eigenvalue weighted by Gasteiger charge is 2.45. The first-order chi connectivity index (χ1) is 10.9. The predicted molar refractivity (Wildman–Crippen MR) is 94.5 cm³/mol. The number of hydrogen-bond acceptors (Lipinski definition) is 3. The summed E-state index contributed by atoms with van der Waals surface area (Å²) in [6.07, 6.45) is 3.19. The molecule has 3 heteroatoms. The quantitative estimate of drug-likeness (QED) is 0.773. The third kappa shape index (κ3) is 4.14. The number of esters is 1. The van der Waals surface area contributed by atoms with Crippen LogP contribution < -0.4 is 0 Å². The molecule has 1 saturated heterocycles. The van der Waals surface area contributed by atoms with Gasteiger partial charge >= 0.3 is 5.97 Å². The maximum atomic E-state index is 12.1. The van der Waals surface area contributed by atoms with Gasteiger partial charge in [-0.3, -0.25) is 4.79 Å². The zero-order chi connectivity index (χ0) is 17.0. The van der Waals surface area contributed by atoms with E-state index in [4.69, 9.17) is 4.74 Å². The molecule has 0 bridgehead atoms. The van der Waals surface area contributed by atoms with Crippen LogP contribution in [-0.2, 0) is 22.4 Å². The van der Waals surface area contributed by atoms with Gasteiger partial charge in [-0.2, -0.15) is 0 Å². The summed E-state index contributed by atoms with van der Waals surface area (Å²) in [6, 6.07) is 9.18. The van der Waals surface area contributed by atoms with E-state index in [1.165, 1.54) is 11.1 Å². The molecule has 128 valence electrons. The molecule has 1 fully saturated rings. The second-order valence-corrected chi connectivity index (χ2v) is 7.13. The molecule has 1 aliphatic heterocycles. The van der Waals surface area contributed by atoms with E-state index in [1.54, 1.807) is 0 Å². The molecular formula is C20H31NO2. The molecule has 1 aromatic carbocycles. The normalized spacial score (nSPS) is 28.6. The molecule has 0 spiro atoms. The van der Waals surface area contributed by atoms with Crippen LogP contribution in [0, 0.1) is 5.92 Å². The van der Waals surface area contributed by atoms with E-state index in [9.17, 15) is 4.79 Å². The van der Waals surface area contributed by atoms with Gasteiger partial charge in [-0.1, -0.05) is 45.0 Å². The predicted octanol–water partition coefficient (Wildman–Crippen LogP) is 3.84. The molecule has 0 aromatic heterocycles. The second kappa shape index (κ2) is 7.48. The van der Waals surface area contributed by atoms with Gasteiger partial charge in [-0.05, 0) is 31.5 Å². The lowest BCUT2D eigenvalue weighted by molar-refractivity contribution is -0.174. The molecule has 1 heterocycles. The van der Waals surface area contributed by atoms with Crippen LogP contribution in [-0.4, -0.2) is 36.1 Å². The van der Waals surface area contributed by atoms with Crippen LogP contribution in [0.1, 0.15) is 51.7 Å². The number of carbonyl (C=O) groups excluding carboxylic acids is 1. The van der Waals surface area contributed by atoms with Gasteiger partial charge in [-0.25, -0.2) is 0 Å². The molecule has 1 aromatic rings. The second-order valence-electron chi connectivity index (χ2n) is 7.13. The lowest BCUT2D eigenvalue weighted by atomic mass is 9.75. The molecule has 3 nitrogen and oxygen atoms in total. The molecule has 3 atom stereocenters. The maximum absolute atomic E-state index is 12.1. The summed E-state index contributed by atoms with van der Waals surface area (Å²) in [5.74, 6) is 0.240. The lowest BCUT2D eigenvalue weighted by Gasteiger charge is -2.48. The van der Waals surface area contributed by atoms with Crippen LogP contribution >= 0.6 is 0 Å². The maximum Gasteiger partial charge on any atom is 0.306 e. The Hall–Kier alpha value is -1.35. The Morgan fingerprint density at radius 1 is 1.22 bits per heavy atom. The van der Waals surface area contributed by atoms with E-state index in [0.29, 0.717) is 18.4 Å². The minimum atomic E-state index is -0.382. The minimum absolute atomic E-state index is 0.0845. The zero-order valence-corrected chi connectivity index (χ0v) is 15.3. The van der Waals surface area contributed by atoms with Crippen LogP contribution in [0.25, 0.3) is 0 Å². The number of hydrogen-bond donors (Lipinski definition) is 0. The van der Waals surface area contributed by atoms with E-state index in [1.807, 2.05) is 6.92 Å². The summed E-state index contributed by atoms with van der Waals surface area (Å²) in [7, 11) is 2.16. The number of piperidine rings is 1. The molecule has 1 aliphatic rings. The van der Waals surface area contributed by atoms with Gasteiger partial charge in [0, 0.05) is 37.8 Å². The first-order valence-corrected chi connectivity index (χ1v) is 8.90. The van der Waals surface area contributed by atoms with Gasteiger partial charge in [0.2, 0.25) is 0 Å². The van der Waals surface area contributed by atoms with Gasteiger partial charge in [0.05, 0.1) is 0 Å². The highest BCUT2D eigenvalue weighted by molar-refractivity contribution is 5.69. The molecule has 0 radical (unpaired) electrons. The molecular weight excluding hydrogens is 286 g/mol. The largest absolute Gasteiger partial charge is 0.458 e. The van der Waals surface area contributed by atoms with Crippen LogP contribution in [0.15, 0.2) is 24.3 Å². The Bertz CT molecular complexity index is 525. The van der Waals surface area contributed by atoms with Gasteiger partial charge in [0.25, 0.3) is 0 Å². The van der Waals surface area contributed by atoms with Crippen molar-refractivity contribution in [2.75, 3.05) is 13.6 Å². The van der Waals surface area contributed by atoms with Gasteiger partial charge in [-0.15, -0.1) is 0 Å². The molecule has 2 rings (SSSR count). The van der Waals surface area contributed by atoms with Crippen LogP contribution in [0.2, 0.25) is 0 Å². The third-order valence-electron chi connectivity index (χ3n) is 5.39. The third-order valence-corrected chi connectivity index (χ3v) is 5.39. The molecule has 0 aliphatic carbocycles. The summed E-state index contributed by atoms with van der Waals surface area (Å²) in [6.45, 7) is 9.44. The number of rotatable bonds is 5. The van der Waals surface area contributed by atoms with Crippen LogP contribution in [0.5, 0.6) is 0 Å². The first-order valence-electron chi connectivity index (χ1n) is 8.90. The summed E-state index contributed by atoms with van der Waals surface area (Å²) < 4.78 is 6.05. The van der Waals surface area contributed by atoms with E-state index >= 15 is 0 Å². The van der Waals surface area contributed by atoms with Gasteiger partial charge in [0.15, 0.2) is 0 Å². The topological polar surface area (TPSA) is 29.5 Å². The Balaban J connectivity index is 2.27. The Morgan fingerprint density at radius 2 is 1.83 bits per heavy atom. The first kappa shape index (κ1) is 18.0. The minimum Gasteiger partial charge on any atom is -0.458 e. The van der Waals surface area contributed by atoms with Gasteiger partial charge < -0.3 is 9.64 Å². The monoisotopic (exact) mass is 317 g/mol. The van der Waals surface area contributed by atoms with Crippen molar-refractivity contribution in [2.24, 2.45) is 5.92 Å². The number of carbonyl (C=O) groups is 1. The fraction of sp³-hybridized carbons (Fsp3) is 0.650. The highest BCUT2D eigenvalue weighted by atomic mass is 16.6. The average Bonchev–Trinajstić information content (AvgIpc) is 2.53. The van der Waals surface area contributed by atoms with Gasteiger partial charge in [0.1, 0.15) is 5.60 Å². The molecule has 0 amide bonds. The molecule has 0 unspecified atom stereocenters.